The van der Waals surface area contributed by atoms with Gasteiger partial charge in [0.05, 0.1) is 6.21 Å². The molecule has 0 heterocycles. The highest BCUT2D eigenvalue weighted by molar-refractivity contribution is 6.30. The summed E-state index contributed by atoms with van der Waals surface area (Å²) in [5.74, 6) is 1.44. The van der Waals surface area contributed by atoms with Crippen LogP contribution in [0.5, 0.6) is 11.5 Å². The second kappa shape index (κ2) is 7.71. The Morgan fingerprint density at radius 1 is 1.05 bits per heavy atom. The van der Waals surface area contributed by atoms with Crippen molar-refractivity contribution in [2.45, 2.75) is 13.8 Å². The molecule has 0 amide bonds. The van der Waals surface area contributed by atoms with Gasteiger partial charge < -0.3 is 14.7 Å². The first-order chi connectivity index (χ1) is 10.6. The van der Waals surface area contributed by atoms with E-state index in [1.165, 1.54) is 11.8 Å². The molecule has 0 aliphatic carbocycles. The van der Waals surface area contributed by atoms with Crippen LogP contribution in [0.15, 0.2) is 41.6 Å². The number of benzene rings is 2. The Morgan fingerprint density at radius 3 is 2.41 bits per heavy atom. The number of aryl methyl sites for hydroxylation is 2. The predicted molar refractivity (Wildman–Crippen MR) is 87.7 cm³/mol. The maximum absolute atomic E-state index is 8.65. The predicted octanol–water partition coefficient (Wildman–Crippen LogP) is 4.22. The van der Waals surface area contributed by atoms with Crippen molar-refractivity contribution in [1.82, 2.24) is 0 Å². The molecule has 2 aromatic rings. The SMILES string of the molecule is Cc1ccc(OCCOc2ccc(Cl)cc2C=NO)c(C)c1. The zero-order valence-electron chi connectivity index (χ0n) is 12.5. The van der Waals surface area contributed by atoms with Crippen LogP contribution in [0.3, 0.4) is 0 Å². The molecule has 0 aliphatic rings. The molecular weight excluding hydrogens is 302 g/mol. The zero-order valence-corrected chi connectivity index (χ0v) is 13.3. The first kappa shape index (κ1) is 16.2. The lowest BCUT2D eigenvalue weighted by atomic mass is 10.1. The summed E-state index contributed by atoms with van der Waals surface area (Å²) in [5.41, 5.74) is 2.91. The number of hydrogen-bond donors (Lipinski definition) is 1. The van der Waals surface area contributed by atoms with Gasteiger partial charge in [-0.25, -0.2) is 0 Å². The molecule has 0 saturated heterocycles. The highest BCUT2D eigenvalue weighted by Crippen LogP contribution is 2.22. The summed E-state index contributed by atoms with van der Waals surface area (Å²) in [4.78, 5) is 0. The Morgan fingerprint density at radius 2 is 1.73 bits per heavy atom. The molecule has 0 saturated carbocycles. The zero-order chi connectivity index (χ0) is 15.9. The maximum atomic E-state index is 8.65. The van der Waals surface area contributed by atoms with E-state index in [1.54, 1.807) is 18.2 Å². The van der Waals surface area contributed by atoms with Crippen LogP contribution in [0.2, 0.25) is 5.02 Å². The van der Waals surface area contributed by atoms with E-state index >= 15 is 0 Å². The van der Waals surface area contributed by atoms with Crippen LogP contribution in [0, 0.1) is 13.8 Å². The van der Waals surface area contributed by atoms with Gasteiger partial charge in [0.15, 0.2) is 0 Å². The Kier molecular flexibility index (Phi) is 5.67. The molecular formula is C17H18ClNO3. The fraction of sp³-hybridized carbons (Fsp3) is 0.235. The van der Waals surface area contributed by atoms with Gasteiger partial charge >= 0.3 is 0 Å². The van der Waals surface area contributed by atoms with Gasteiger partial charge in [-0.15, -0.1) is 0 Å². The topological polar surface area (TPSA) is 51.0 Å². The molecule has 22 heavy (non-hydrogen) atoms. The van der Waals surface area contributed by atoms with E-state index in [0.717, 1.165) is 11.3 Å². The largest absolute Gasteiger partial charge is 0.490 e. The lowest BCUT2D eigenvalue weighted by Gasteiger charge is -2.12. The summed E-state index contributed by atoms with van der Waals surface area (Å²) < 4.78 is 11.3. The number of oxime groups is 1. The minimum atomic E-state index is 0.376. The van der Waals surface area contributed by atoms with Gasteiger partial charge in [0.2, 0.25) is 0 Å². The summed E-state index contributed by atoms with van der Waals surface area (Å²) in [7, 11) is 0. The van der Waals surface area contributed by atoms with Crippen LogP contribution in [-0.2, 0) is 0 Å². The fourth-order valence-corrected chi connectivity index (χ4v) is 2.26. The van der Waals surface area contributed by atoms with Crippen LogP contribution in [0.1, 0.15) is 16.7 Å². The third-order valence-electron chi connectivity index (χ3n) is 3.10. The summed E-state index contributed by atoms with van der Waals surface area (Å²) in [5, 5.41) is 12.2. The van der Waals surface area contributed by atoms with Gasteiger partial charge in [0.25, 0.3) is 0 Å². The first-order valence-corrected chi connectivity index (χ1v) is 7.28. The van der Waals surface area contributed by atoms with E-state index in [4.69, 9.17) is 26.3 Å². The molecule has 5 heteroatoms. The molecule has 0 bridgehead atoms. The maximum Gasteiger partial charge on any atom is 0.128 e. The van der Waals surface area contributed by atoms with Crippen molar-refractivity contribution in [3.8, 4) is 11.5 Å². The Hall–Kier alpha value is -2.20. The molecule has 0 aromatic heterocycles. The van der Waals surface area contributed by atoms with Crippen LogP contribution in [-0.4, -0.2) is 24.6 Å². The molecule has 4 nitrogen and oxygen atoms in total. The van der Waals surface area contributed by atoms with Gasteiger partial charge in [-0.1, -0.05) is 34.5 Å². The molecule has 0 aliphatic heterocycles. The van der Waals surface area contributed by atoms with Gasteiger partial charge in [-0.2, -0.15) is 0 Å². The van der Waals surface area contributed by atoms with Crippen molar-refractivity contribution in [2.24, 2.45) is 5.16 Å². The molecule has 116 valence electrons. The number of rotatable bonds is 6. The highest BCUT2D eigenvalue weighted by Gasteiger charge is 2.04. The van der Waals surface area contributed by atoms with Crippen LogP contribution < -0.4 is 9.47 Å². The lowest BCUT2D eigenvalue weighted by molar-refractivity contribution is 0.216. The summed E-state index contributed by atoms with van der Waals surface area (Å²) in [6.07, 6.45) is 1.28. The van der Waals surface area contributed by atoms with Crippen molar-refractivity contribution >= 4 is 17.8 Å². The van der Waals surface area contributed by atoms with Crippen LogP contribution in [0.4, 0.5) is 0 Å². The van der Waals surface area contributed by atoms with Gasteiger partial charge in [-0.3, -0.25) is 0 Å². The molecule has 2 aromatic carbocycles. The number of ether oxygens (including phenoxy) is 2. The standard InChI is InChI=1S/C17H18ClNO3/c1-12-3-5-16(13(2)9-12)21-7-8-22-17-6-4-15(18)10-14(17)11-19-20/h3-6,9-11,20H,7-8H2,1-2H3. The van der Waals surface area contributed by atoms with Crippen molar-refractivity contribution < 1.29 is 14.7 Å². The molecule has 0 spiro atoms. The second-order valence-electron chi connectivity index (χ2n) is 4.89. The Balaban J connectivity index is 1.91. The molecule has 0 radical (unpaired) electrons. The van der Waals surface area contributed by atoms with Crippen LogP contribution in [0.25, 0.3) is 0 Å². The van der Waals surface area contributed by atoms with Gasteiger partial charge in [0.1, 0.15) is 24.7 Å². The third-order valence-corrected chi connectivity index (χ3v) is 3.33. The molecule has 1 N–H and O–H groups in total. The summed E-state index contributed by atoms with van der Waals surface area (Å²) >= 11 is 5.90. The molecule has 0 unspecified atom stereocenters. The van der Waals surface area contributed by atoms with E-state index in [0.29, 0.717) is 29.5 Å². The van der Waals surface area contributed by atoms with E-state index in [1.807, 2.05) is 26.0 Å². The van der Waals surface area contributed by atoms with E-state index < -0.39 is 0 Å². The van der Waals surface area contributed by atoms with E-state index in [9.17, 15) is 0 Å². The molecule has 0 fully saturated rings. The highest BCUT2D eigenvalue weighted by atomic mass is 35.5. The minimum absolute atomic E-state index is 0.376. The van der Waals surface area contributed by atoms with E-state index in [-0.39, 0.29) is 0 Å². The monoisotopic (exact) mass is 319 g/mol. The first-order valence-electron chi connectivity index (χ1n) is 6.90. The summed E-state index contributed by atoms with van der Waals surface area (Å²) in [6, 6.07) is 11.2. The van der Waals surface area contributed by atoms with E-state index in [2.05, 4.69) is 11.2 Å². The average molecular weight is 320 g/mol. The minimum Gasteiger partial charge on any atom is -0.490 e. The van der Waals surface area contributed by atoms with Crippen molar-refractivity contribution in [3.63, 3.8) is 0 Å². The quantitative estimate of drug-likeness (QED) is 0.375. The molecule has 0 atom stereocenters. The molecule has 2 rings (SSSR count). The van der Waals surface area contributed by atoms with Crippen molar-refractivity contribution in [1.29, 1.82) is 0 Å². The smallest absolute Gasteiger partial charge is 0.128 e. The number of hydrogen-bond acceptors (Lipinski definition) is 4. The van der Waals surface area contributed by atoms with Gasteiger partial charge in [-0.05, 0) is 43.7 Å². The summed E-state index contributed by atoms with van der Waals surface area (Å²) in [6.45, 7) is 4.85. The Bertz CT molecular complexity index is 671. The lowest BCUT2D eigenvalue weighted by Crippen LogP contribution is -2.10. The Labute approximate surface area is 134 Å². The number of nitrogens with zero attached hydrogens (tertiary/aromatic N) is 1. The van der Waals surface area contributed by atoms with Crippen molar-refractivity contribution in [3.05, 3.63) is 58.1 Å². The van der Waals surface area contributed by atoms with Crippen LogP contribution >= 0.6 is 11.6 Å². The van der Waals surface area contributed by atoms with Crippen molar-refractivity contribution in [2.75, 3.05) is 13.2 Å². The normalized spacial score (nSPS) is 10.9. The average Bonchev–Trinajstić information content (AvgIpc) is 2.47. The number of halogens is 1. The second-order valence-corrected chi connectivity index (χ2v) is 5.33. The fourth-order valence-electron chi connectivity index (χ4n) is 2.08. The third kappa shape index (κ3) is 4.40. The van der Waals surface area contributed by atoms with Gasteiger partial charge in [0, 0.05) is 10.6 Å².